The number of urea groups is 1. The van der Waals surface area contributed by atoms with Gasteiger partial charge >= 0.3 is 12.0 Å². The maximum Gasteiger partial charge on any atom is 0.314 e. The summed E-state index contributed by atoms with van der Waals surface area (Å²) in [6.45, 7) is 0.930. The average Bonchev–Trinajstić information content (AvgIpc) is 3.26. The van der Waals surface area contributed by atoms with Gasteiger partial charge in [0.25, 0.3) is 0 Å². The van der Waals surface area contributed by atoms with Crippen molar-refractivity contribution in [2.24, 2.45) is 11.3 Å². The molecule has 0 radical (unpaired) electrons. The lowest BCUT2D eigenvalue weighted by Crippen LogP contribution is -2.47. The normalized spacial score (nSPS) is 21.2. The molecule has 3 N–H and O–H groups in total. The van der Waals surface area contributed by atoms with Crippen molar-refractivity contribution >= 4 is 12.0 Å². The van der Waals surface area contributed by atoms with Gasteiger partial charge in [0.2, 0.25) is 0 Å². The van der Waals surface area contributed by atoms with E-state index in [9.17, 15) is 14.7 Å². The fourth-order valence-electron chi connectivity index (χ4n) is 3.01. The van der Waals surface area contributed by atoms with Gasteiger partial charge in [-0.25, -0.2) is 4.79 Å². The van der Waals surface area contributed by atoms with E-state index in [0.29, 0.717) is 19.4 Å². The molecule has 5 heteroatoms. The van der Waals surface area contributed by atoms with Crippen molar-refractivity contribution in [3.63, 3.8) is 0 Å². The molecule has 2 saturated carbocycles. The van der Waals surface area contributed by atoms with Gasteiger partial charge in [0.15, 0.2) is 0 Å². The molecule has 0 saturated heterocycles. The summed E-state index contributed by atoms with van der Waals surface area (Å²) in [6, 6.07) is -0.230. The summed E-state index contributed by atoms with van der Waals surface area (Å²) in [5, 5.41) is 15.0. The molecule has 20 heavy (non-hydrogen) atoms. The predicted molar refractivity (Wildman–Crippen MR) is 76.5 cm³/mol. The highest BCUT2D eigenvalue weighted by molar-refractivity contribution is 5.78. The van der Waals surface area contributed by atoms with E-state index in [2.05, 4.69) is 10.6 Å². The van der Waals surface area contributed by atoms with Crippen LogP contribution in [0.15, 0.2) is 0 Å². The first-order valence-corrected chi connectivity index (χ1v) is 7.87. The summed E-state index contributed by atoms with van der Waals surface area (Å²) in [5.41, 5.74) is -0.746. The van der Waals surface area contributed by atoms with Gasteiger partial charge in [-0.05, 0) is 31.6 Å². The molecule has 0 atom stereocenters. The minimum Gasteiger partial charge on any atom is -0.481 e. The van der Waals surface area contributed by atoms with Crippen LogP contribution in [-0.2, 0) is 4.79 Å². The first-order valence-electron chi connectivity index (χ1n) is 7.87. The van der Waals surface area contributed by atoms with E-state index in [0.717, 1.165) is 31.6 Å². The largest absolute Gasteiger partial charge is 0.481 e. The molecule has 114 valence electrons. The maximum atomic E-state index is 11.7. The molecule has 2 aliphatic rings. The fraction of sp³-hybridized carbons (Fsp3) is 0.867. The van der Waals surface area contributed by atoms with Crippen LogP contribution in [0.25, 0.3) is 0 Å². The van der Waals surface area contributed by atoms with Gasteiger partial charge in [0.05, 0.1) is 5.41 Å². The summed E-state index contributed by atoms with van der Waals surface area (Å²) >= 11 is 0. The number of amides is 2. The molecule has 2 fully saturated rings. The summed E-state index contributed by atoms with van der Waals surface area (Å²) in [5.74, 6) is 0.114. The second-order valence-electron chi connectivity index (χ2n) is 6.34. The second kappa shape index (κ2) is 6.95. The predicted octanol–water partition coefficient (Wildman–Crippen LogP) is 2.51. The quantitative estimate of drug-likeness (QED) is 0.628. The molecule has 2 amide bonds. The molecule has 0 aromatic rings. The van der Waals surface area contributed by atoms with Gasteiger partial charge in [-0.15, -0.1) is 0 Å². The zero-order chi connectivity index (χ0) is 14.4. The Kier molecular flexibility index (Phi) is 5.26. The summed E-state index contributed by atoms with van der Waals surface area (Å²) in [4.78, 5) is 23.2. The monoisotopic (exact) mass is 282 g/mol. The number of hydrogen-bond donors (Lipinski definition) is 3. The summed E-state index contributed by atoms with van der Waals surface area (Å²) in [7, 11) is 0. The van der Waals surface area contributed by atoms with Crippen LogP contribution in [0.2, 0.25) is 0 Å². The standard InChI is InChI=1S/C15H26N2O3/c18-13(19)15(8-2-1-3-9-15)11-17-14(20)16-10-4-5-12-6-7-12/h12H,1-11H2,(H,18,19)(H2,16,17,20). The molecule has 0 heterocycles. The first-order chi connectivity index (χ1) is 9.62. The van der Waals surface area contributed by atoms with E-state index in [1.807, 2.05) is 0 Å². The van der Waals surface area contributed by atoms with Crippen molar-refractivity contribution in [3.05, 3.63) is 0 Å². The van der Waals surface area contributed by atoms with Gasteiger partial charge < -0.3 is 15.7 Å². The summed E-state index contributed by atoms with van der Waals surface area (Å²) in [6.07, 6.45) is 9.22. The molecule has 0 aliphatic heterocycles. The SMILES string of the molecule is O=C(NCCCC1CC1)NCC1(C(=O)O)CCCCC1. The van der Waals surface area contributed by atoms with Crippen molar-refractivity contribution in [2.45, 2.75) is 57.8 Å². The lowest BCUT2D eigenvalue weighted by Gasteiger charge is -2.33. The Morgan fingerprint density at radius 1 is 1.10 bits per heavy atom. The Hall–Kier alpha value is -1.26. The number of carboxylic acids is 1. The van der Waals surface area contributed by atoms with Crippen molar-refractivity contribution in [1.82, 2.24) is 10.6 Å². The lowest BCUT2D eigenvalue weighted by atomic mass is 9.74. The third-order valence-electron chi connectivity index (χ3n) is 4.62. The Morgan fingerprint density at radius 3 is 2.40 bits per heavy atom. The molecule has 2 aliphatic carbocycles. The van der Waals surface area contributed by atoms with Crippen LogP contribution in [0.3, 0.4) is 0 Å². The van der Waals surface area contributed by atoms with Crippen LogP contribution < -0.4 is 10.6 Å². The summed E-state index contributed by atoms with van der Waals surface area (Å²) < 4.78 is 0. The number of nitrogens with one attached hydrogen (secondary N) is 2. The van der Waals surface area contributed by atoms with Gasteiger partial charge in [-0.3, -0.25) is 4.79 Å². The Morgan fingerprint density at radius 2 is 1.80 bits per heavy atom. The van der Waals surface area contributed by atoms with Gasteiger partial charge in [-0.1, -0.05) is 32.1 Å². The zero-order valence-corrected chi connectivity index (χ0v) is 12.1. The second-order valence-corrected chi connectivity index (χ2v) is 6.34. The highest BCUT2D eigenvalue weighted by atomic mass is 16.4. The van der Waals surface area contributed by atoms with E-state index >= 15 is 0 Å². The number of carbonyl (C=O) groups excluding carboxylic acids is 1. The maximum absolute atomic E-state index is 11.7. The minimum absolute atomic E-state index is 0.230. The van der Waals surface area contributed by atoms with Gasteiger partial charge in [-0.2, -0.15) is 0 Å². The highest BCUT2D eigenvalue weighted by Gasteiger charge is 2.39. The third-order valence-corrected chi connectivity index (χ3v) is 4.62. The van der Waals surface area contributed by atoms with E-state index in [1.54, 1.807) is 0 Å². The molecule has 0 unspecified atom stereocenters. The van der Waals surface area contributed by atoms with Crippen LogP contribution in [-0.4, -0.2) is 30.2 Å². The highest BCUT2D eigenvalue weighted by Crippen LogP contribution is 2.36. The average molecular weight is 282 g/mol. The number of rotatable bonds is 7. The number of carbonyl (C=O) groups is 2. The molecule has 2 rings (SSSR count). The first kappa shape index (κ1) is 15.1. The van der Waals surface area contributed by atoms with Crippen molar-refractivity contribution in [2.75, 3.05) is 13.1 Å². The van der Waals surface area contributed by atoms with Crippen molar-refractivity contribution < 1.29 is 14.7 Å². The molecule has 0 bridgehead atoms. The fourth-order valence-corrected chi connectivity index (χ4v) is 3.01. The molecule has 0 aromatic carbocycles. The van der Waals surface area contributed by atoms with E-state index in [-0.39, 0.29) is 12.6 Å². The van der Waals surface area contributed by atoms with Crippen LogP contribution >= 0.6 is 0 Å². The number of carboxylic acid groups (broad SMARTS) is 1. The number of aliphatic carboxylic acids is 1. The van der Waals surface area contributed by atoms with Crippen LogP contribution in [0.5, 0.6) is 0 Å². The van der Waals surface area contributed by atoms with Crippen molar-refractivity contribution in [3.8, 4) is 0 Å². The zero-order valence-electron chi connectivity index (χ0n) is 12.1. The van der Waals surface area contributed by atoms with Gasteiger partial charge in [0.1, 0.15) is 0 Å². The minimum atomic E-state index is -0.772. The Balaban J connectivity index is 1.65. The van der Waals surface area contributed by atoms with E-state index in [1.165, 1.54) is 19.3 Å². The lowest BCUT2D eigenvalue weighted by molar-refractivity contribution is -0.150. The molecule has 0 aromatic heterocycles. The number of hydrogen-bond acceptors (Lipinski definition) is 2. The van der Waals surface area contributed by atoms with Crippen molar-refractivity contribution in [1.29, 1.82) is 0 Å². The Bertz CT molecular complexity index is 347. The van der Waals surface area contributed by atoms with Crippen LogP contribution in [0, 0.1) is 11.3 Å². The smallest absolute Gasteiger partial charge is 0.314 e. The van der Waals surface area contributed by atoms with Crippen LogP contribution in [0.1, 0.15) is 57.8 Å². The van der Waals surface area contributed by atoms with Gasteiger partial charge in [0, 0.05) is 13.1 Å². The van der Waals surface area contributed by atoms with Crippen LogP contribution in [0.4, 0.5) is 4.79 Å². The molecule has 0 spiro atoms. The van der Waals surface area contributed by atoms with E-state index < -0.39 is 11.4 Å². The molecular weight excluding hydrogens is 256 g/mol. The molecule has 5 nitrogen and oxygen atoms in total. The third kappa shape index (κ3) is 4.39. The Labute approximate surface area is 120 Å². The molecular formula is C15H26N2O3. The van der Waals surface area contributed by atoms with E-state index in [4.69, 9.17) is 0 Å². The topological polar surface area (TPSA) is 78.4 Å².